The lowest BCUT2D eigenvalue weighted by Gasteiger charge is -2.08. The van der Waals surface area contributed by atoms with Crippen molar-refractivity contribution in [1.82, 2.24) is 9.78 Å². The third-order valence-electron chi connectivity index (χ3n) is 3.42. The molecule has 0 saturated heterocycles. The summed E-state index contributed by atoms with van der Waals surface area (Å²) >= 11 is 0. The number of hydrogen-bond acceptors (Lipinski definition) is 2. The first kappa shape index (κ1) is 13.3. The Morgan fingerprint density at radius 3 is 2.53 bits per heavy atom. The number of aromatic nitrogens is 2. The second-order valence-corrected chi connectivity index (χ2v) is 4.79. The molecular weight excluding hydrogens is 240 g/mol. The lowest BCUT2D eigenvalue weighted by atomic mass is 9.99. The smallest absolute Gasteiger partial charge is 0.310 e. The molecular formula is C15H18N2O2. The van der Waals surface area contributed by atoms with Crippen molar-refractivity contribution in [1.29, 1.82) is 0 Å². The Labute approximate surface area is 112 Å². The Morgan fingerprint density at radius 1 is 1.32 bits per heavy atom. The third kappa shape index (κ3) is 2.67. The molecule has 0 aliphatic carbocycles. The molecule has 0 fully saturated rings. The highest BCUT2D eigenvalue weighted by atomic mass is 16.4. The molecule has 4 nitrogen and oxygen atoms in total. The van der Waals surface area contributed by atoms with Crippen molar-refractivity contribution in [3.05, 3.63) is 52.8 Å². The van der Waals surface area contributed by atoms with Gasteiger partial charge in [-0.3, -0.25) is 9.48 Å². The Bertz CT molecular complexity index is 588. The normalized spacial score (nSPS) is 12.4. The van der Waals surface area contributed by atoms with E-state index in [-0.39, 0.29) is 0 Å². The van der Waals surface area contributed by atoms with Gasteiger partial charge in [-0.05, 0) is 26.3 Å². The lowest BCUT2D eigenvalue weighted by Crippen LogP contribution is -2.10. The van der Waals surface area contributed by atoms with E-state index in [0.29, 0.717) is 6.54 Å². The fraction of sp³-hybridized carbons (Fsp3) is 0.333. The second kappa shape index (κ2) is 5.26. The standard InChI is InChI=1S/C15H18N2O2/c1-10(15(18)19)14-11(2)16-17(12(14)3)9-13-7-5-4-6-8-13/h4-8,10H,9H2,1-3H3,(H,18,19). The van der Waals surface area contributed by atoms with Gasteiger partial charge in [0.2, 0.25) is 0 Å². The van der Waals surface area contributed by atoms with Crippen LogP contribution in [0.5, 0.6) is 0 Å². The van der Waals surface area contributed by atoms with Crippen molar-refractivity contribution in [2.75, 3.05) is 0 Å². The molecule has 0 bridgehead atoms. The molecule has 1 unspecified atom stereocenters. The van der Waals surface area contributed by atoms with Crippen LogP contribution in [0.25, 0.3) is 0 Å². The summed E-state index contributed by atoms with van der Waals surface area (Å²) in [5.41, 5.74) is 3.70. The van der Waals surface area contributed by atoms with Crippen LogP contribution in [0.15, 0.2) is 30.3 Å². The van der Waals surface area contributed by atoms with E-state index in [9.17, 15) is 4.79 Å². The number of carboxylic acids is 1. The summed E-state index contributed by atoms with van der Waals surface area (Å²) in [6.07, 6.45) is 0. The highest BCUT2D eigenvalue weighted by Gasteiger charge is 2.22. The number of aliphatic carboxylic acids is 1. The van der Waals surface area contributed by atoms with Gasteiger partial charge in [0.1, 0.15) is 0 Å². The van der Waals surface area contributed by atoms with Crippen molar-refractivity contribution in [3.63, 3.8) is 0 Å². The van der Waals surface area contributed by atoms with Crippen LogP contribution >= 0.6 is 0 Å². The van der Waals surface area contributed by atoms with Gasteiger partial charge in [-0.15, -0.1) is 0 Å². The number of carbonyl (C=O) groups is 1. The van der Waals surface area contributed by atoms with Crippen LogP contribution < -0.4 is 0 Å². The Morgan fingerprint density at radius 2 is 1.95 bits per heavy atom. The van der Waals surface area contributed by atoms with E-state index < -0.39 is 11.9 Å². The molecule has 2 aromatic rings. The topological polar surface area (TPSA) is 55.1 Å². The minimum atomic E-state index is -0.814. The first-order valence-electron chi connectivity index (χ1n) is 6.31. The average Bonchev–Trinajstić information content (AvgIpc) is 2.65. The zero-order chi connectivity index (χ0) is 14.0. The molecule has 4 heteroatoms. The van der Waals surface area contributed by atoms with Gasteiger partial charge in [-0.25, -0.2) is 0 Å². The molecule has 0 spiro atoms. The second-order valence-electron chi connectivity index (χ2n) is 4.79. The fourth-order valence-corrected chi connectivity index (χ4v) is 2.37. The number of nitrogens with zero attached hydrogens (tertiary/aromatic N) is 2. The van der Waals surface area contributed by atoms with Crippen LogP contribution in [0.4, 0.5) is 0 Å². The van der Waals surface area contributed by atoms with Crippen LogP contribution in [0.3, 0.4) is 0 Å². The molecule has 19 heavy (non-hydrogen) atoms. The van der Waals surface area contributed by atoms with Crippen molar-refractivity contribution < 1.29 is 9.90 Å². The summed E-state index contributed by atoms with van der Waals surface area (Å²) in [7, 11) is 0. The maximum Gasteiger partial charge on any atom is 0.310 e. The summed E-state index contributed by atoms with van der Waals surface area (Å²) in [6, 6.07) is 10.0. The minimum Gasteiger partial charge on any atom is -0.481 e. The highest BCUT2D eigenvalue weighted by molar-refractivity contribution is 5.76. The van der Waals surface area contributed by atoms with Gasteiger partial charge in [-0.2, -0.15) is 5.10 Å². The van der Waals surface area contributed by atoms with Crippen LogP contribution in [0.1, 0.15) is 35.4 Å². The van der Waals surface area contributed by atoms with Gasteiger partial charge in [-0.1, -0.05) is 30.3 Å². The molecule has 0 aliphatic rings. The maximum absolute atomic E-state index is 11.1. The monoisotopic (exact) mass is 258 g/mol. The number of benzene rings is 1. The van der Waals surface area contributed by atoms with E-state index in [2.05, 4.69) is 5.10 Å². The quantitative estimate of drug-likeness (QED) is 0.917. The molecule has 1 atom stereocenters. The van der Waals surface area contributed by atoms with E-state index in [4.69, 9.17) is 5.11 Å². The summed E-state index contributed by atoms with van der Waals surface area (Å²) in [6.45, 7) is 6.16. The molecule has 1 aromatic carbocycles. The predicted octanol–water partition coefficient (Wildman–Crippen LogP) is 2.74. The minimum absolute atomic E-state index is 0.524. The Kier molecular flexibility index (Phi) is 3.69. The van der Waals surface area contributed by atoms with Gasteiger partial charge in [0.25, 0.3) is 0 Å². The molecule has 0 aliphatic heterocycles. The molecule has 1 N–H and O–H groups in total. The van der Waals surface area contributed by atoms with E-state index in [0.717, 1.165) is 22.5 Å². The molecule has 1 aromatic heterocycles. The molecule has 100 valence electrons. The largest absolute Gasteiger partial charge is 0.481 e. The van der Waals surface area contributed by atoms with Crippen molar-refractivity contribution >= 4 is 5.97 Å². The van der Waals surface area contributed by atoms with Crippen molar-refractivity contribution in [2.24, 2.45) is 0 Å². The molecule has 0 radical (unpaired) electrons. The number of hydrogen-bond donors (Lipinski definition) is 1. The van der Waals surface area contributed by atoms with E-state index in [1.807, 2.05) is 48.9 Å². The molecule has 0 amide bonds. The van der Waals surface area contributed by atoms with Crippen LogP contribution in [-0.2, 0) is 11.3 Å². The van der Waals surface area contributed by atoms with E-state index >= 15 is 0 Å². The summed E-state index contributed by atoms with van der Waals surface area (Å²) in [5, 5.41) is 13.6. The maximum atomic E-state index is 11.1. The zero-order valence-corrected chi connectivity index (χ0v) is 11.4. The fourth-order valence-electron chi connectivity index (χ4n) is 2.37. The van der Waals surface area contributed by atoms with Gasteiger partial charge in [0.05, 0.1) is 18.2 Å². The third-order valence-corrected chi connectivity index (χ3v) is 3.42. The van der Waals surface area contributed by atoms with Crippen LogP contribution in [0.2, 0.25) is 0 Å². The first-order chi connectivity index (χ1) is 9.00. The average molecular weight is 258 g/mol. The number of aryl methyl sites for hydroxylation is 1. The SMILES string of the molecule is Cc1nn(Cc2ccccc2)c(C)c1C(C)C(=O)O. The number of rotatable bonds is 4. The predicted molar refractivity (Wildman–Crippen MR) is 73.3 cm³/mol. The van der Waals surface area contributed by atoms with Crippen molar-refractivity contribution in [2.45, 2.75) is 33.2 Å². The molecule has 2 rings (SSSR count). The zero-order valence-electron chi connectivity index (χ0n) is 11.4. The highest BCUT2D eigenvalue weighted by Crippen LogP contribution is 2.24. The van der Waals surface area contributed by atoms with E-state index in [1.54, 1.807) is 6.92 Å². The lowest BCUT2D eigenvalue weighted by molar-refractivity contribution is -0.138. The van der Waals surface area contributed by atoms with Gasteiger partial charge in [0.15, 0.2) is 0 Å². The molecule has 1 heterocycles. The Balaban J connectivity index is 2.34. The first-order valence-corrected chi connectivity index (χ1v) is 6.31. The Hall–Kier alpha value is -2.10. The summed E-state index contributed by atoms with van der Waals surface area (Å²) in [5.74, 6) is -1.34. The van der Waals surface area contributed by atoms with Crippen LogP contribution in [-0.4, -0.2) is 20.9 Å². The van der Waals surface area contributed by atoms with Crippen molar-refractivity contribution in [3.8, 4) is 0 Å². The summed E-state index contributed by atoms with van der Waals surface area (Å²) < 4.78 is 1.87. The number of carboxylic acid groups (broad SMARTS) is 1. The van der Waals surface area contributed by atoms with Gasteiger partial charge in [0, 0.05) is 11.3 Å². The van der Waals surface area contributed by atoms with Gasteiger partial charge < -0.3 is 5.11 Å². The van der Waals surface area contributed by atoms with Crippen LogP contribution in [0, 0.1) is 13.8 Å². The molecule has 0 saturated carbocycles. The summed E-state index contributed by atoms with van der Waals surface area (Å²) in [4.78, 5) is 11.1. The van der Waals surface area contributed by atoms with Gasteiger partial charge >= 0.3 is 5.97 Å². The van der Waals surface area contributed by atoms with E-state index in [1.165, 1.54) is 0 Å².